The highest BCUT2D eigenvalue weighted by Crippen LogP contribution is 2.38. The summed E-state index contributed by atoms with van der Waals surface area (Å²) in [7, 11) is 0. The van der Waals surface area contributed by atoms with Gasteiger partial charge in [-0.2, -0.15) is 10.5 Å². The lowest BCUT2D eigenvalue weighted by atomic mass is 9.89. The molecule has 0 unspecified atom stereocenters. The monoisotopic (exact) mass is 363 g/mol. The summed E-state index contributed by atoms with van der Waals surface area (Å²) < 4.78 is 0. The zero-order valence-electron chi connectivity index (χ0n) is 12.9. The van der Waals surface area contributed by atoms with Gasteiger partial charge in [-0.3, -0.25) is 0 Å². The molecule has 0 saturated carbocycles. The lowest BCUT2D eigenvalue weighted by Gasteiger charge is -2.14. The quantitative estimate of drug-likeness (QED) is 0.597. The van der Waals surface area contributed by atoms with E-state index in [-0.39, 0.29) is 16.8 Å². The summed E-state index contributed by atoms with van der Waals surface area (Å²) in [6, 6.07) is 20.5. The molecule has 0 spiro atoms. The molecule has 3 nitrogen and oxygen atoms in total. The Labute approximate surface area is 155 Å². The van der Waals surface area contributed by atoms with Crippen LogP contribution in [-0.2, 0) is 0 Å². The number of halogens is 2. The molecule has 0 saturated heterocycles. The molecule has 120 valence electrons. The zero-order valence-corrected chi connectivity index (χ0v) is 14.4. The van der Waals surface area contributed by atoms with E-state index in [1.165, 1.54) is 0 Å². The molecule has 0 bridgehead atoms. The lowest BCUT2D eigenvalue weighted by Crippen LogP contribution is -2.00. The Morgan fingerprint density at radius 3 is 1.88 bits per heavy atom. The molecule has 0 aliphatic carbocycles. The predicted octanol–water partition coefficient (Wildman–Crippen LogP) is 5.65. The van der Waals surface area contributed by atoms with Crippen LogP contribution in [0.3, 0.4) is 0 Å². The number of nitrogens with two attached hydrogens (primary N) is 1. The van der Waals surface area contributed by atoms with E-state index in [1.807, 2.05) is 30.3 Å². The first kappa shape index (κ1) is 16.9. The Balaban J connectivity index is 2.36. The first-order chi connectivity index (χ1) is 12.1. The van der Waals surface area contributed by atoms with E-state index >= 15 is 0 Å². The highest BCUT2D eigenvalue weighted by atomic mass is 35.5. The number of rotatable bonds is 2. The maximum atomic E-state index is 9.57. The number of nitriles is 2. The van der Waals surface area contributed by atoms with Gasteiger partial charge in [0.05, 0.1) is 26.9 Å². The topological polar surface area (TPSA) is 73.6 Å². The third-order valence-electron chi connectivity index (χ3n) is 3.91. The molecular weight excluding hydrogens is 353 g/mol. The van der Waals surface area contributed by atoms with Crippen molar-refractivity contribution in [1.82, 2.24) is 0 Å². The molecular formula is C20H11Cl2N3. The molecule has 0 fully saturated rings. The number of nitrogen functional groups attached to an aromatic ring is 1. The van der Waals surface area contributed by atoms with Gasteiger partial charge < -0.3 is 5.73 Å². The molecule has 0 atom stereocenters. The normalized spacial score (nSPS) is 10.1. The van der Waals surface area contributed by atoms with Gasteiger partial charge in [-0.15, -0.1) is 0 Å². The van der Waals surface area contributed by atoms with Crippen molar-refractivity contribution in [1.29, 1.82) is 10.5 Å². The number of nitrogens with zero attached hydrogens (tertiary/aromatic N) is 2. The van der Waals surface area contributed by atoms with Gasteiger partial charge in [0.2, 0.25) is 0 Å². The average Bonchev–Trinajstić information content (AvgIpc) is 2.64. The summed E-state index contributed by atoms with van der Waals surface area (Å²) in [5, 5.41) is 19.9. The molecule has 0 amide bonds. The molecule has 0 aliphatic rings. The molecule has 0 heterocycles. The Kier molecular flexibility index (Phi) is 4.63. The van der Waals surface area contributed by atoms with Crippen molar-refractivity contribution in [3.63, 3.8) is 0 Å². The van der Waals surface area contributed by atoms with Crippen LogP contribution in [-0.4, -0.2) is 0 Å². The van der Waals surface area contributed by atoms with Crippen molar-refractivity contribution in [2.45, 2.75) is 0 Å². The highest BCUT2D eigenvalue weighted by molar-refractivity contribution is 6.42. The highest BCUT2D eigenvalue weighted by Gasteiger charge is 2.18. The number of benzene rings is 3. The fourth-order valence-electron chi connectivity index (χ4n) is 2.68. The van der Waals surface area contributed by atoms with Gasteiger partial charge in [0, 0.05) is 11.1 Å². The largest absolute Gasteiger partial charge is 0.397 e. The average molecular weight is 364 g/mol. The van der Waals surface area contributed by atoms with Gasteiger partial charge in [-0.1, -0.05) is 59.6 Å². The Hall–Kier alpha value is -2.98. The number of hydrogen-bond donors (Lipinski definition) is 1. The van der Waals surface area contributed by atoms with Crippen LogP contribution in [0.15, 0.2) is 54.6 Å². The Morgan fingerprint density at radius 2 is 1.32 bits per heavy atom. The van der Waals surface area contributed by atoms with Crippen molar-refractivity contribution in [3.8, 4) is 34.4 Å². The van der Waals surface area contributed by atoms with Crippen LogP contribution in [0.1, 0.15) is 11.1 Å². The SMILES string of the molecule is N#Cc1c(-c2ccccc2)cc(-c2ccc(Cl)c(Cl)c2)c(C#N)c1N. The van der Waals surface area contributed by atoms with E-state index < -0.39 is 0 Å². The number of hydrogen-bond acceptors (Lipinski definition) is 3. The molecule has 2 N–H and O–H groups in total. The van der Waals surface area contributed by atoms with Crippen LogP contribution in [0.5, 0.6) is 0 Å². The minimum Gasteiger partial charge on any atom is -0.397 e. The molecule has 0 aromatic heterocycles. The fraction of sp³-hybridized carbons (Fsp3) is 0. The molecule has 25 heavy (non-hydrogen) atoms. The standard InChI is InChI=1S/C20H11Cl2N3/c21-18-7-6-13(8-19(18)22)15-9-14(12-4-2-1-3-5-12)16(10-23)20(25)17(15)11-24/h1-9H,25H2. The molecule has 0 radical (unpaired) electrons. The molecule has 0 aliphatic heterocycles. The second-order valence-corrected chi connectivity index (χ2v) is 6.17. The van der Waals surface area contributed by atoms with Crippen molar-refractivity contribution in [2.75, 3.05) is 5.73 Å². The summed E-state index contributed by atoms with van der Waals surface area (Å²) in [5.41, 5.74) is 9.66. The number of anilines is 1. The minimum absolute atomic E-state index is 0.160. The Morgan fingerprint density at radius 1 is 0.720 bits per heavy atom. The van der Waals surface area contributed by atoms with Gasteiger partial charge in [0.25, 0.3) is 0 Å². The van der Waals surface area contributed by atoms with E-state index in [1.54, 1.807) is 24.3 Å². The Bertz CT molecular complexity index is 1050. The first-order valence-electron chi connectivity index (χ1n) is 7.34. The maximum Gasteiger partial charge on any atom is 0.102 e. The second kappa shape index (κ2) is 6.87. The van der Waals surface area contributed by atoms with Crippen molar-refractivity contribution in [3.05, 3.63) is 75.8 Å². The molecule has 5 heteroatoms. The van der Waals surface area contributed by atoms with Crippen molar-refractivity contribution >= 4 is 28.9 Å². The predicted molar refractivity (Wildman–Crippen MR) is 101 cm³/mol. The minimum atomic E-state index is 0.160. The molecule has 3 rings (SSSR count). The summed E-state index contributed by atoms with van der Waals surface area (Å²) >= 11 is 12.1. The first-order valence-corrected chi connectivity index (χ1v) is 8.10. The summed E-state index contributed by atoms with van der Waals surface area (Å²) in [5.74, 6) is 0. The van der Waals surface area contributed by atoms with Crippen LogP contribution < -0.4 is 5.73 Å². The lowest BCUT2D eigenvalue weighted by molar-refractivity contribution is 1.44. The molecule has 3 aromatic rings. The third-order valence-corrected chi connectivity index (χ3v) is 4.64. The van der Waals surface area contributed by atoms with Crippen LogP contribution >= 0.6 is 23.2 Å². The van der Waals surface area contributed by atoms with Crippen LogP contribution in [0.25, 0.3) is 22.3 Å². The van der Waals surface area contributed by atoms with E-state index in [2.05, 4.69) is 12.1 Å². The van der Waals surface area contributed by atoms with Gasteiger partial charge >= 0.3 is 0 Å². The summed E-state index contributed by atoms with van der Waals surface area (Å²) in [6.07, 6.45) is 0. The molecule has 3 aromatic carbocycles. The van der Waals surface area contributed by atoms with Gasteiger partial charge in [0.1, 0.15) is 12.1 Å². The van der Waals surface area contributed by atoms with Gasteiger partial charge in [-0.25, -0.2) is 0 Å². The van der Waals surface area contributed by atoms with E-state index in [0.717, 1.165) is 5.56 Å². The smallest absolute Gasteiger partial charge is 0.102 e. The van der Waals surface area contributed by atoms with Gasteiger partial charge in [-0.05, 0) is 29.3 Å². The summed E-state index contributed by atoms with van der Waals surface area (Å²) in [4.78, 5) is 0. The second-order valence-electron chi connectivity index (χ2n) is 5.35. The maximum absolute atomic E-state index is 9.57. The van der Waals surface area contributed by atoms with Gasteiger partial charge in [0.15, 0.2) is 0 Å². The van der Waals surface area contributed by atoms with Crippen molar-refractivity contribution in [2.24, 2.45) is 0 Å². The summed E-state index contributed by atoms with van der Waals surface area (Å²) in [6.45, 7) is 0. The van der Waals surface area contributed by atoms with E-state index in [0.29, 0.717) is 26.7 Å². The fourth-order valence-corrected chi connectivity index (χ4v) is 2.98. The van der Waals surface area contributed by atoms with Crippen LogP contribution in [0, 0.1) is 22.7 Å². The van der Waals surface area contributed by atoms with Crippen molar-refractivity contribution < 1.29 is 0 Å². The third kappa shape index (κ3) is 3.04. The van der Waals surface area contributed by atoms with E-state index in [4.69, 9.17) is 28.9 Å². The van der Waals surface area contributed by atoms with Crippen LogP contribution in [0.2, 0.25) is 10.0 Å². The van der Waals surface area contributed by atoms with Crippen LogP contribution in [0.4, 0.5) is 5.69 Å². The van der Waals surface area contributed by atoms with E-state index in [9.17, 15) is 10.5 Å². The zero-order chi connectivity index (χ0) is 18.0.